The highest BCUT2D eigenvalue weighted by molar-refractivity contribution is 6.34. The minimum atomic E-state index is 0.136. The van der Waals surface area contributed by atoms with Crippen molar-refractivity contribution < 1.29 is 0 Å². The summed E-state index contributed by atoms with van der Waals surface area (Å²) in [6, 6.07) is 14.6. The molecule has 3 aromatic rings. The van der Waals surface area contributed by atoms with Gasteiger partial charge in [-0.05, 0) is 35.1 Å². The first-order chi connectivity index (χ1) is 10.9. The summed E-state index contributed by atoms with van der Waals surface area (Å²) < 4.78 is 0. The topological polar surface area (TPSA) is 25.8 Å². The third-order valence-electron chi connectivity index (χ3n) is 4.13. The zero-order valence-electron chi connectivity index (χ0n) is 14.0. The Balaban J connectivity index is 2.06. The average molecular weight is 325 g/mol. The van der Waals surface area contributed by atoms with Gasteiger partial charge in [0.05, 0.1) is 5.52 Å². The Morgan fingerprint density at radius 2 is 1.65 bits per heavy atom. The normalized spacial score (nSPS) is 11.9. The summed E-state index contributed by atoms with van der Waals surface area (Å²) in [7, 11) is 0. The molecule has 0 bridgehead atoms. The van der Waals surface area contributed by atoms with E-state index in [4.69, 9.17) is 11.6 Å². The first-order valence-corrected chi connectivity index (χ1v) is 8.33. The predicted molar refractivity (Wildman–Crippen MR) is 98.1 cm³/mol. The lowest BCUT2D eigenvalue weighted by Gasteiger charge is -2.19. The lowest BCUT2D eigenvalue weighted by Crippen LogP contribution is -2.10. The molecule has 3 rings (SSSR count). The number of hydrogen-bond donors (Lipinski definition) is 0. The van der Waals surface area contributed by atoms with Crippen molar-refractivity contribution >= 4 is 22.5 Å². The maximum atomic E-state index is 6.39. The lowest BCUT2D eigenvalue weighted by molar-refractivity contribution is 0.590. The molecular formula is C20H21ClN2. The second-order valence-corrected chi connectivity index (χ2v) is 7.23. The van der Waals surface area contributed by atoms with Gasteiger partial charge in [-0.1, -0.05) is 69.6 Å². The Morgan fingerprint density at radius 3 is 2.26 bits per heavy atom. The predicted octanol–water partition coefficient (Wildman–Crippen LogP) is 5.81. The fourth-order valence-corrected chi connectivity index (χ4v) is 2.84. The molecule has 2 aromatic carbocycles. The highest BCUT2D eigenvalue weighted by Gasteiger charge is 2.14. The highest BCUT2D eigenvalue weighted by Crippen LogP contribution is 2.28. The van der Waals surface area contributed by atoms with E-state index in [2.05, 4.69) is 74.1 Å². The quantitative estimate of drug-likeness (QED) is 0.556. The molecule has 0 unspecified atom stereocenters. The van der Waals surface area contributed by atoms with Gasteiger partial charge in [0.2, 0.25) is 0 Å². The first kappa shape index (κ1) is 15.9. The van der Waals surface area contributed by atoms with Crippen molar-refractivity contribution in [3.05, 3.63) is 58.7 Å². The number of aromatic nitrogens is 2. The number of benzene rings is 2. The van der Waals surface area contributed by atoms with Crippen molar-refractivity contribution in [2.75, 3.05) is 0 Å². The summed E-state index contributed by atoms with van der Waals surface area (Å²) >= 11 is 6.39. The Labute approximate surface area is 142 Å². The number of hydrogen-bond acceptors (Lipinski definition) is 2. The molecule has 0 radical (unpaired) electrons. The molecule has 0 spiro atoms. The van der Waals surface area contributed by atoms with E-state index in [1.165, 1.54) is 11.1 Å². The molecule has 0 aliphatic carbocycles. The smallest absolute Gasteiger partial charge is 0.161 e. The van der Waals surface area contributed by atoms with Gasteiger partial charge in [-0.25, -0.2) is 9.97 Å². The van der Waals surface area contributed by atoms with Crippen molar-refractivity contribution in [3.63, 3.8) is 0 Å². The van der Waals surface area contributed by atoms with Gasteiger partial charge in [0, 0.05) is 10.9 Å². The SMILES string of the molecule is CCc1ccc2nc(-c3ccc(C(C)(C)C)cc3)nc(Cl)c2c1. The van der Waals surface area contributed by atoms with Crippen LogP contribution in [0.5, 0.6) is 0 Å². The zero-order chi connectivity index (χ0) is 16.6. The molecule has 0 amide bonds. The average Bonchev–Trinajstić information content (AvgIpc) is 2.54. The highest BCUT2D eigenvalue weighted by atomic mass is 35.5. The van der Waals surface area contributed by atoms with Crippen molar-refractivity contribution in [1.82, 2.24) is 9.97 Å². The monoisotopic (exact) mass is 324 g/mol. The summed E-state index contributed by atoms with van der Waals surface area (Å²) in [6.45, 7) is 8.74. The van der Waals surface area contributed by atoms with Crippen molar-refractivity contribution in [2.24, 2.45) is 0 Å². The Bertz CT molecular complexity index is 846. The zero-order valence-corrected chi connectivity index (χ0v) is 14.8. The Kier molecular flexibility index (Phi) is 4.11. The number of fused-ring (bicyclic) bond motifs is 1. The molecule has 2 nitrogen and oxygen atoms in total. The molecule has 0 atom stereocenters. The fraction of sp³-hybridized carbons (Fsp3) is 0.300. The number of halogens is 1. The number of aryl methyl sites for hydroxylation is 1. The van der Waals surface area contributed by atoms with E-state index in [-0.39, 0.29) is 5.41 Å². The second kappa shape index (κ2) is 5.93. The summed E-state index contributed by atoms with van der Waals surface area (Å²) in [4.78, 5) is 9.17. The number of nitrogens with zero attached hydrogens (tertiary/aromatic N) is 2. The summed E-state index contributed by atoms with van der Waals surface area (Å²) in [6.07, 6.45) is 0.974. The van der Waals surface area contributed by atoms with Gasteiger partial charge >= 0.3 is 0 Å². The van der Waals surface area contributed by atoms with Crippen LogP contribution in [-0.4, -0.2) is 9.97 Å². The summed E-state index contributed by atoms with van der Waals surface area (Å²) in [5.41, 5.74) is 4.54. The van der Waals surface area contributed by atoms with Crippen LogP contribution in [0.15, 0.2) is 42.5 Å². The van der Waals surface area contributed by atoms with E-state index >= 15 is 0 Å². The van der Waals surface area contributed by atoms with Gasteiger partial charge in [-0.3, -0.25) is 0 Å². The van der Waals surface area contributed by atoms with Gasteiger partial charge in [-0.15, -0.1) is 0 Å². The van der Waals surface area contributed by atoms with Crippen LogP contribution in [0, 0.1) is 0 Å². The molecule has 118 valence electrons. The van der Waals surface area contributed by atoms with Crippen LogP contribution >= 0.6 is 11.6 Å². The van der Waals surface area contributed by atoms with Crippen molar-refractivity contribution in [3.8, 4) is 11.4 Å². The largest absolute Gasteiger partial charge is 0.228 e. The van der Waals surface area contributed by atoms with E-state index in [9.17, 15) is 0 Å². The minimum absolute atomic E-state index is 0.136. The van der Waals surface area contributed by atoms with E-state index in [1.807, 2.05) is 6.07 Å². The molecule has 0 saturated carbocycles. The summed E-state index contributed by atoms with van der Waals surface area (Å²) in [5.74, 6) is 0.673. The fourth-order valence-electron chi connectivity index (χ4n) is 2.61. The van der Waals surface area contributed by atoms with Crippen LogP contribution in [0.25, 0.3) is 22.3 Å². The molecule has 23 heavy (non-hydrogen) atoms. The van der Waals surface area contributed by atoms with Crippen LogP contribution in [0.2, 0.25) is 5.15 Å². The van der Waals surface area contributed by atoms with Crippen molar-refractivity contribution in [1.29, 1.82) is 0 Å². The molecular weight excluding hydrogens is 304 g/mol. The molecule has 0 aliphatic rings. The van der Waals surface area contributed by atoms with Crippen molar-refractivity contribution in [2.45, 2.75) is 39.5 Å². The van der Waals surface area contributed by atoms with Crippen LogP contribution in [-0.2, 0) is 11.8 Å². The molecule has 0 fully saturated rings. The molecule has 0 saturated heterocycles. The third-order valence-corrected chi connectivity index (χ3v) is 4.42. The van der Waals surface area contributed by atoms with Gasteiger partial charge in [-0.2, -0.15) is 0 Å². The van der Waals surface area contributed by atoms with Gasteiger partial charge < -0.3 is 0 Å². The van der Waals surface area contributed by atoms with E-state index in [0.717, 1.165) is 22.9 Å². The Morgan fingerprint density at radius 1 is 0.957 bits per heavy atom. The van der Waals surface area contributed by atoms with E-state index in [0.29, 0.717) is 11.0 Å². The Hall–Kier alpha value is -1.93. The maximum absolute atomic E-state index is 6.39. The number of rotatable bonds is 2. The first-order valence-electron chi connectivity index (χ1n) is 7.95. The van der Waals surface area contributed by atoms with Gasteiger partial charge in [0.15, 0.2) is 5.82 Å². The maximum Gasteiger partial charge on any atom is 0.161 e. The molecule has 0 aliphatic heterocycles. The molecule has 3 heteroatoms. The summed E-state index contributed by atoms with van der Waals surface area (Å²) in [5, 5.41) is 1.43. The second-order valence-electron chi connectivity index (χ2n) is 6.87. The van der Waals surface area contributed by atoms with Gasteiger partial charge in [0.1, 0.15) is 5.15 Å². The standard InChI is InChI=1S/C20H21ClN2/c1-5-13-6-11-17-16(12-13)18(21)23-19(22-17)14-7-9-15(10-8-14)20(2,3)4/h6-12H,5H2,1-4H3. The minimum Gasteiger partial charge on any atom is -0.228 e. The molecule has 0 N–H and O–H groups in total. The third kappa shape index (κ3) is 3.23. The molecule has 1 aromatic heterocycles. The van der Waals surface area contributed by atoms with Crippen LogP contribution < -0.4 is 0 Å². The van der Waals surface area contributed by atoms with Crippen LogP contribution in [0.1, 0.15) is 38.8 Å². The van der Waals surface area contributed by atoms with Crippen LogP contribution in [0.3, 0.4) is 0 Å². The van der Waals surface area contributed by atoms with Gasteiger partial charge in [0.25, 0.3) is 0 Å². The molecule has 1 heterocycles. The lowest BCUT2D eigenvalue weighted by atomic mass is 9.87. The van der Waals surface area contributed by atoms with E-state index in [1.54, 1.807) is 0 Å². The van der Waals surface area contributed by atoms with E-state index < -0.39 is 0 Å². The van der Waals surface area contributed by atoms with Crippen LogP contribution in [0.4, 0.5) is 0 Å².